The largest absolute Gasteiger partial charge is 0.387 e. The van der Waals surface area contributed by atoms with Gasteiger partial charge in [0.1, 0.15) is 11.6 Å². The molecule has 0 radical (unpaired) electrons. The van der Waals surface area contributed by atoms with Crippen LogP contribution in [0.1, 0.15) is 11.7 Å². The molecule has 2 N–H and O–H groups in total. The first-order chi connectivity index (χ1) is 10.3. The van der Waals surface area contributed by atoms with E-state index in [9.17, 15) is 22.3 Å². The molecule has 0 saturated carbocycles. The number of halogens is 3. The highest BCUT2D eigenvalue weighted by Gasteiger charge is 2.24. The Kier molecular flexibility index (Phi) is 5.12. The summed E-state index contributed by atoms with van der Waals surface area (Å²) in [6.07, 6.45) is -1.18. The first-order valence-corrected chi connectivity index (χ1v) is 8.04. The van der Waals surface area contributed by atoms with Gasteiger partial charge in [0.2, 0.25) is 10.0 Å². The summed E-state index contributed by atoms with van der Waals surface area (Å²) in [6.45, 7) is -0.433. The van der Waals surface area contributed by atoms with Crippen molar-refractivity contribution in [1.82, 2.24) is 4.72 Å². The van der Waals surface area contributed by atoms with Crippen LogP contribution in [0.25, 0.3) is 0 Å². The van der Waals surface area contributed by atoms with E-state index in [1.807, 2.05) is 4.72 Å². The average Bonchev–Trinajstić information content (AvgIpc) is 2.45. The first kappa shape index (κ1) is 16.8. The van der Waals surface area contributed by atoms with E-state index in [1.54, 1.807) is 0 Å². The van der Waals surface area contributed by atoms with Crippen LogP contribution in [0.3, 0.4) is 0 Å². The summed E-state index contributed by atoms with van der Waals surface area (Å²) in [7, 11) is -4.42. The van der Waals surface area contributed by atoms with Gasteiger partial charge in [-0.05, 0) is 29.8 Å². The van der Waals surface area contributed by atoms with Crippen molar-refractivity contribution in [2.45, 2.75) is 11.0 Å². The van der Waals surface area contributed by atoms with E-state index in [1.165, 1.54) is 24.3 Å². The maximum atomic E-state index is 13.5. The Bertz CT molecular complexity index is 746. The molecule has 0 amide bonds. The maximum Gasteiger partial charge on any atom is 0.246 e. The topological polar surface area (TPSA) is 66.4 Å². The van der Waals surface area contributed by atoms with Gasteiger partial charge in [-0.15, -0.1) is 0 Å². The molecule has 1 unspecified atom stereocenters. The number of rotatable bonds is 5. The molecular weight excluding hydrogens is 336 g/mol. The summed E-state index contributed by atoms with van der Waals surface area (Å²) in [5, 5.41) is 10.4. The molecule has 0 heterocycles. The average molecular weight is 348 g/mol. The molecule has 0 aliphatic carbocycles. The Morgan fingerprint density at radius 2 is 1.64 bits per heavy atom. The van der Waals surface area contributed by atoms with Crippen LogP contribution in [-0.4, -0.2) is 20.1 Å². The van der Waals surface area contributed by atoms with Crippen molar-refractivity contribution in [3.63, 3.8) is 0 Å². The van der Waals surface area contributed by atoms with E-state index in [-0.39, 0.29) is 0 Å². The predicted molar refractivity (Wildman–Crippen MR) is 78.0 cm³/mol. The zero-order chi connectivity index (χ0) is 16.3. The molecule has 2 aromatic carbocycles. The summed E-state index contributed by atoms with van der Waals surface area (Å²) in [4.78, 5) is -1.07. The molecule has 0 fully saturated rings. The minimum Gasteiger partial charge on any atom is -0.387 e. The Balaban J connectivity index is 2.14. The van der Waals surface area contributed by atoms with Crippen LogP contribution in [0, 0.1) is 11.6 Å². The van der Waals surface area contributed by atoms with Gasteiger partial charge in [-0.25, -0.2) is 21.9 Å². The lowest BCUT2D eigenvalue weighted by Gasteiger charge is -2.13. The van der Waals surface area contributed by atoms with Gasteiger partial charge in [-0.2, -0.15) is 0 Å². The molecule has 22 heavy (non-hydrogen) atoms. The quantitative estimate of drug-likeness (QED) is 0.873. The Labute approximate surface area is 131 Å². The minimum absolute atomic E-state index is 0.418. The highest BCUT2D eigenvalue weighted by atomic mass is 35.5. The number of nitrogens with one attached hydrogen (secondary N) is 1. The lowest BCUT2D eigenvalue weighted by molar-refractivity contribution is 0.182. The summed E-state index contributed by atoms with van der Waals surface area (Å²) < 4.78 is 52.9. The standard InChI is InChI=1S/C14H12ClF2NO3S/c15-10-6-4-9(5-7-10)13(19)8-18-22(20,21)14-11(16)2-1-3-12(14)17/h1-7,13,18-19H,8H2. The van der Waals surface area contributed by atoms with Crippen LogP contribution >= 0.6 is 11.6 Å². The van der Waals surface area contributed by atoms with Crippen molar-refractivity contribution in [2.75, 3.05) is 6.54 Å². The molecular formula is C14H12ClF2NO3S. The van der Waals surface area contributed by atoms with Gasteiger partial charge in [-0.1, -0.05) is 29.8 Å². The fourth-order valence-electron chi connectivity index (χ4n) is 1.80. The van der Waals surface area contributed by atoms with E-state index >= 15 is 0 Å². The lowest BCUT2D eigenvalue weighted by atomic mass is 10.1. The first-order valence-electron chi connectivity index (χ1n) is 6.18. The summed E-state index contributed by atoms with van der Waals surface area (Å²) in [6, 6.07) is 8.85. The number of hydrogen-bond donors (Lipinski definition) is 2. The van der Waals surface area contributed by atoms with Crippen LogP contribution < -0.4 is 4.72 Å². The highest BCUT2D eigenvalue weighted by Crippen LogP contribution is 2.20. The smallest absolute Gasteiger partial charge is 0.246 e. The van der Waals surface area contributed by atoms with E-state index in [0.717, 1.165) is 18.2 Å². The molecule has 2 aromatic rings. The number of aliphatic hydroxyl groups is 1. The summed E-state index contributed by atoms with van der Waals surface area (Å²) in [5.74, 6) is -2.40. The molecule has 118 valence electrons. The minimum atomic E-state index is -4.42. The van der Waals surface area contributed by atoms with Gasteiger partial charge in [0.25, 0.3) is 0 Å². The molecule has 0 aliphatic heterocycles. The van der Waals surface area contributed by atoms with Crippen molar-refractivity contribution >= 4 is 21.6 Å². The van der Waals surface area contributed by atoms with E-state index in [2.05, 4.69) is 0 Å². The van der Waals surface area contributed by atoms with Crippen LogP contribution in [0.15, 0.2) is 47.4 Å². The predicted octanol–water partition coefficient (Wildman–Crippen LogP) is 2.63. The maximum absolute atomic E-state index is 13.5. The van der Waals surface area contributed by atoms with Gasteiger partial charge >= 0.3 is 0 Å². The number of aliphatic hydroxyl groups excluding tert-OH is 1. The van der Waals surface area contributed by atoms with E-state index < -0.39 is 39.2 Å². The number of sulfonamides is 1. The second kappa shape index (κ2) is 6.70. The zero-order valence-electron chi connectivity index (χ0n) is 11.1. The molecule has 4 nitrogen and oxygen atoms in total. The van der Waals surface area contributed by atoms with Crippen LogP contribution in [0.5, 0.6) is 0 Å². The van der Waals surface area contributed by atoms with Gasteiger partial charge < -0.3 is 5.11 Å². The van der Waals surface area contributed by atoms with Crippen LogP contribution in [-0.2, 0) is 10.0 Å². The SMILES string of the molecule is O=S(=O)(NCC(O)c1ccc(Cl)cc1)c1c(F)cccc1F. The third kappa shape index (κ3) is 3.80. The Hall–Kier alpha value is -1.54. The second-order valence-corrected chi connectivity index (χ2v) is 6.61. The third-order valence-electron chi connectivity index (χ3n) is 2.91. The molecule has 0 bridgehead atoms. The number of benzene rings is 2. The van der Waals surface area contributed by atoms with Crippen molar-refractivity contribution in [3.8, 4) is 0 Å². The van der Waals surface area contributed by atoms with Gasteiger partial charge in [0, 0.05) is 11.6 Å². The Morgan fingerprint density at radius 1 is 1.09 bits per heavy atom. The molecule has 0 spiro atoms. The molecule has 8 heteroatoms. The molecule has 2 rings (SSSR count). The Morgan fingerprint density at radius 3 is 2.18 bits per heavy atom. The molecule has 1 atom stereocenters. The lowest BCUT2D eigenvalue weighted by Crippen LogP contribution is -2.30. The molecule has 0 saturated heterocycles. The fraction of sp³-hybridized carbons (Fsp3) is 0.143. The monoisotopic (exact) mass is 347 g/mol. The zero-order valence-corrected chi connectivity index (χ0v) is 12.7. The van der Waals surface area contributed by atoms with Gasteiger partial charge in [-0.3, -0.25) is 0 Å². The highest BCUT2D eigenvalue weighted by molar-refractivity contribution is 7.89. The van der Waals surface area contributed by atoms with Crippen molar-refractivity contribution in [3.05, 3.63) is 64.7 Å². The van der Waals surface area contributed by atoms with Crippen molar-refractivity contribution in [1.29, 1.82) is 0 Å². The van der Waals surface area contributed by atoms with Gasteiger partial charge in [0.05, 0.1) is 6.10 Å². The number of hydrogen-bond acceptors (Lipinski definition) is 3. The van der Waals surface area contributed by atoms with Crippen molar-refractivity contribution < 1.29 is 22.3 Å². The van der Waals surface area contributed by atoms with Crippen molar-refractivity contribution in [2.24, 2.45) is 0 Å². The summed E-state index contributed by atoms with van der Waals surface area (Å²) in [5.41, 5.74) is 0.418. The fourth-order valence-corrected chi connectivity index (χ4v) is 3.10. The van der Waals surface area contributed by atoms with Crippen LogP contribution in [0.2, 0.25) is 5.02 Å². The second-order valence-electron chi connectivity index (χ2n) is 4.47. The third-order valence-corrected chi connectivity index (χ3v) is 4.64. The van der Waals surface area contributed by atoms with Gasteiger partial charge in [0.15, 0.2) is 4.90 Å². The molecule has 0 aromatic heterocycles. The summed E-state index contributed by atoms with van der Waals surface area (Å²) >= 11 is 5.70. The normalized spacial score (nSPS) is 13.1. The van der Waals surface area contributed by atoms with Crippen LogP contribution in [0.4, 0.5) is 8.78 Å². The molecule has 0 aliphatic rings. The van der Waals surface area contributed by atoms with E-state index in [4.69, 9.17) is 11.6 Å². The van der Waals surface area contributed by atoms with E-state index in [0.29, 0.717) is 10.6 Å².